The lowest BCUT2D eigenvalue weighted by atomic mass is 10.2. The second kappa shape index (κ2) is 5.24. The first-order valence-electron chi connectivity index (χ1n) is 6.11. The summed E-state index contributed by atoms with van der Waals surface area (Å²) in [4.78, 5) is 11.6. The molecule has 100 valence electrons. The van der Waals surface area contributed by atoms with Crippen LogP contribution >= 0.6 is 0 Å². The maximum atomic E-state index is 11.6. The van der Waals surface area contributed by atoms with Gasteiger partial charge in [-0.25, -0.2) is 4.68 Å². The molecule has 5 heteroatoms. The van der Waals surface area contributed by atoms with E-state index in [1.807, 2.05) is 44.2 Å². The van der Waals surface area contributed by atoms with Crippen LogP contribution in [0.15, 0.2) is 30.3 Å². The maximum absolute atomic E-state index is 11.6. The molecule has 0 aliphatic heterocycles. The van der Waals surface area contributed by atoms with Gasteiger partial charge in [-0.05, 0) is 32.9 Å². The van der Waals surface area contributed by atoms with Crippen LogP contribution in [-0.2, 0) is 4.79 Å². The number of rotatable bonds is 3. The lowest BCUT2D eigenvalue weighted by Gasteiger charge is -2.08. The van der Waals surface area contributed by atoms with Gasteiger partial charge >= 0.3 is 0 Å². The molecule has 0 spiro atoms. The van der Waals surface area contributed by atoms with Gasteiger partial charge in [0.15, 0.2) is 0 Å². The van der Waals surface area contributed by atoms with Crippen LogP contribution in [0.1, 0.15) is 18.3 Å². The van der Waals surface area contributed by atoms with Gasteiger partial charge in [-0.15, -0.1) is 0 Å². The third kappa shape index (κ3) is 2.66. The Kier molecular flexibility index (Phi) is 3.66. The number of hydrogen-bond donors (Lipinski definition) is 2. The molecule has 1 aromatic heterocycles. The van der Waals surface area contributed by atoms with Crippen molar-refractivity contribution in [1.29, 1.82) is 0 Å². The zero-order valence-corrected chi connectivity index (χ0v) is 11.2. The van der Waals surface area contributed by atoms with E-state index < -0.39 is 12.0 Å². The molecule has 1 amide bonds. The number of carbonyl (C=O) groups excluding carboxylic acids is 1. The fourth-order valence-electron chi connectivity index (χ4n) is 1.87. The zero-order chi connectivity index (χ0) is 14.0. The number of anilines is 1. The Balaban J connectivity index is 2.38. The van der Waals surface area contributed by atoms with E-state index in [1.54, 1.807) is 4.68 Å². The number of aliphatic hydroxyl groups is 1. The Morgan fingerprint density at radius 3 is 2.53 bits per heavy atom. The highest BCUT2D eigenvalue weighted by Crippen LogP contribution is 2.22. The topological polar surface area (TPSA) is 67.2 Å². The first-order valence-corrected chi connectivity index (χ1v) is 6.11. The minimum atomic E-state index is -1.04. The Hall–Kier alpha value is -2.14. The summed E-state index contributed by atoms with van der Waals surface area (Å²) in [5, 5.41) is 16.4. The van der Waals surface area contributed by atoms with Crippen LogP contribution in [0.3, 0.4) is 0 Å². The molecule has 0 bridgehead atoms. The molecule has 1 unspecified atom stereocenters. The summed E-state index contributed by atoms with van der Waals surface area (Å²) in [5.74, 6) is -0.432. The summed E-state index contributed by atoms with van der Waals surface area (Å²) in [7, 11) is 0. The largest absolute Gasteiger partial charge is 0.384 e. The first-order chi connectivity index (χ1) is 9.00. The number of aromatic nitrogens is 2. The van der Waals surface area contributed by atoms with Crippen molar-refractivity contribution in [3.63, 3.8) is 0 Å². The maximum Gasteiger partial charge on any atom is 0.253 e. The third-order valence-corrected chi connectivity index (χ3v) is 2.92. The van der Waals surface area contributed by atoms with E-state index in [-0.39, 0.29) is 0 Å². The zero-order valence-electron chi connectivity index (χ0n) is 11.2. The van der Waals surface area contributed by atoms with Crippen LogP contribution in [0, 0.1) is 13.8 Å². The van der Waals surface area contributed by atoms with Crippen molar-refractivity contribution < 1.29 is 9.90 Å². The van der Waals surface area contributed by atoms with Crippen molar-refractivity contribution in [3.8, 4) is 5.69 Å². The van der Waals surface area contributed by atoms with Crippen molar-refractivity contribution >= 4 is 11.6 Å². The summed E-state index contributed by atoms with van der Waals surface area (Å²) in [5.41, 5.74) is 3.13. The minimum Gasteiger partial charge on any atom is -0.384 e. The summed E-state index contributed by atoms with van der Waals surface area (Å²) in [6.45, 7) is 5.14. The highest BCUT2D eigenvalue weighted by atomic mass is 16.3. The summed E-state index contributed by atoms with van der Waals surface area (Å²) >= 11 is 0. The van der Waals surface area contributed by atoms with Gasteiger partial charge in [0.2, 0.25) is 0 Å². The molecular weight excluding hydrogens is 242 g/mol. The van der Waals surface area contributed by atoms with E-state index in [9.17, 15) is 9.90 Å². The van der Waals surface area contributed by atoms with Crippen LogP contribution in [0.2, 0.25) is 0 Å². The molecule has 0 saturated carbocycles. The number of hydrogen-bond acceptors (Lipinski definition) is 3. The number of nitrogens with zero attached hydrogens (tertiary/aromatic N) is 2. The second-order valence-electron chi connectivity index (χ2n) is 4.46. The van der Waals surface area contributed by atoms with Crippen LogP contribution in [0.4, 0.5) is 5.69 Å². The summed E-state index contributed by atoms with van der Waals surface area (Å²) in [6, 6.07) is 9.68. The average molecular weight is 259 g/mol. The molecule has 19 heavy (non-hydrogen) atoms. The molecule has 0 fully saturated rings. The van der Waals surface area contributed by atoms with E-state index in [2.05, 4.69) is 10.4 Å². The molecule has 2 N–H and O–H groups in total. The SMILES string of the molecule is Cc1nn(-c2ccccc2)c(C)c1NC(=O)C(C)O. The van der Waals surface area contributed by atoms with Crippen molar-refractivity contribution in [1.82, 2.24) is 9.78 Å². The number of amides is 1. The highest BCUT2D eigenvalue weighted by Gasteiger charge is 2.17. The van der Waals surface area contributed by atoms with Crippen molar-refractivity contribution in [2.24, 2.45) is 0 Å². The lowest BCUT2D eigenvalue weighted by molar-refractivity contribution is -0.123. The van der Waals surface area contributed by atoms with E-state index in [0.717, 1.165) is 17.1 Å². The molecule has 0 aliphatic rings. The molecule has 1 atom stereocenters. The average Bonchev–Trinajstić information content (AvgIpc) is 2.67. The molecule has 1 aromatic carbocycles. The number of aliphatic hydroxyl groups excluding tert-OH is 1. The predicted molar refractivity (Wildman–Crippen MR) is 73.3 cm³/mol. The monoisotopic (exact) mass is 259 g/mol. The van der Waals surface area contributed by atoms with Crippen LogP contribution in [0.5, 0.6) is 0 Å². The summed E-state index contributed by atoms with van der Waals surface area (Å²) in [6.07, 6.45) is -1.04. The molecule has 0 aliphatic carbocycles. The standard InChI is InChI=1S/C14H17N3O2/c1-9-13(15-14(19)11(3)18)10(2)17(16-9)12-7-5-4-6-8-12/h4-8,11,18H,1-3H3,(H,15,19). The fraction of sp³-hybridized carbons (Fsp3) is 0.286. The first kappa shape index (κ1) is 13.3. The Morgan fingerprint density at radius 1 is 1.32 bits per heavy atom. The van der Waals surface area contributed by atoms with Crippen LogP contribution < -0.4 is 5.32 Å². The normalized spacial score (nSPS) is 12.2. The van der Waals surface area contributed by atoms with Crippen molar-refractivity contribution in [3.05, 3.63) is 41.7 Å². The Morgan fingerprint density at radius 2 is 1.95 bits per heavy atom. The van der Waals surface area contributed by atoms with Crippen molar-refractivity contribution in [2.75, 3.05) is 5.32 Å². The molecule has 2 aromatic rings. The molecule has 5 nitrogen and oxygen atoms in total. The van der Waals surface area contributed by atoms with Gasteiger partial charge in [0.1, 0.15) is 6.10 Å². The van der Waals surface area contributed by atoms with Gasteiger partial charge in [0.25, 0.3) is 5.91 Å². The minimum absolute atomic E-state index is 0.432. The number of benzene rings is 1. The number of nitrogens with one attached hydrogen (secondary N) is 1. The molecular formula is C14H17N3O2. The molecule has 0 saturated heterocycles. The second-order valence-corrected chi connectivity index (χ2v) is 4.46. The van der Waals surface area contributed by atoms with Gasteiger partial charge < -0.3 is 10.4 Å². The van der Waals surface area contributed by atoms with Gasteiger partial charge in [-0.2, -0.15) is 5.10 Å². The number of aryl methyl sites for hydroxylation is 1. The third-order valence-electron chi connectivity index (χ3n) is 2.92. The predicted octanol–water partition coefficient (Wildman–Crippen LogP) is 1.81. The van der Waals surface area contributed by atoms with Gasteiger partial charge in [0.05, 0.1) is 22.8 Å². The van der Waals surface area contributed by atoms with E-state index in [1.165, 1.54) is 6.92 Å². The van der Waals surface area contributed by atoms with Gasteiger partial charge in [0, 0.05) is 0 Å². The Labute approximate surface area is 111 Å². The number of para-hydroxylation sites is 1. The number of carbonyl (C=O) groups is 1. The van der Waals surface area contributed by atoms with Crippen LogP contribution in [-0.4, -0.2) is 26.9 Å². The van der Waals surface area contributed by atoms with Crippen molar-refractivity contribution in [2.45, 2.75) is 26.9 Å². The highest BCUT2D eigenvalue weighted by molar-refractivity contribution is 5.94. The van der Waals surface area contributed by atoms with Crippen LogP contribution in [0.25, 0.3) is 5.69 Å². The van der Waals surface area contributed by atoms with Gasteiger partial charge in [-0.3, -0.25) is 4.79 Å². The summed E-state index contributed by atoms with van der Waals surface area (Å²) < 4.78 is 1.77. The van der Waals surface area contributed by atoms with E-state index >= 15 is 0 Å². The van der Waals surface area contributed by atoms with Gasteiger partial charge in [-0.1, -0.05) is 18.2 Å². The van der Waals surface area contributed by atoms with E-state index in [0.29, 0.717) is 5.69 Å². The molecule has 2 rings (SSSR count). The van der Waals surface area contributed by atoms with E-state index in [4.69, 9.17) is 0 Å². The quantitative estimate of drug-likeness (QED) is 0.883. The molecule has 1 heterocycles. The molecule has 0 radical (unpaired) electrons. The lowest BCUT2D eigenvalue weighted by Crippen LogP contribution is -2.25. The Bertz CT molecular complexity index is 588. The fourth-order valence-corrected chi connectivity index (χ4v) is 1.87. The smallest absolute Gasteiger partial charge is 0.253 e.